The number of amides is 1. The Balaban J connectivity index is 1.41. The van der Waals surface area contributed by atoms with Gasteiger partial charge in [0.15, 0.2) is 0 Å². The van der Waals surface area contributed by atoms with Crippen molar-refractivity contribution in [1.82, 2.24) is 10.2 Å². The van der Waals surface area contributed by atoms with E-state index in [1.807, 2.05) is 0 Å². The molecular weight excluding hydrogens is 324 g/mol. The van der Waals surface area contributed by atoms with Gasteiger partial charge >= 0.3 is 6.09 Å². The predicted molar refractivity (Wildman–Crippen MR) is 104 cm³/mol. The van der Waals surface area contributed by atoms with E-state index in [1.54, 1.807) is 0 Å². The lowest BCUT2D eigenvalue weighted by molar-refractivity contribution is 0.193. The fraction of sp³-hybridized carbons (Fsp3) is 0.682. The van der Waals surface area contributed by atoms with Gasteiger partial charge in [-0.1, -0.05) is 50.3 Å². The topological polar surface area (TPSA) is 52.6 Å². The summed E-state index contributed by atoms with van der Waals surface area (Å²) in [6.07, 6.45) is 11.3. The minimum absolute atomic E-state index is 0.432. The largest absolute Gasteiger partial charge is 0.465 e. The molecule has 0 unspecified atom stereocenters. The molecule has 0 radical (unpaired) electrons. The molecule has 4 rings (SSSR count). The van der Waals surface area contributed by atoms with E-state index in [2.05, 4.69) is 28.4 Å². The van der Waals surface area contributed by atoms with Crippen molar-refractivity contribution in [3.05, 3.63) is 34.9 Å². The number of nitrogens with one attached hydrogen (secondary N) is 1. The predicted octanol–water partition coefficient (Wildman–Crippen LogP) is 4.53. The number of nitrogens with zero attached hydrogens (tertiary/aromatic N) is 1. The Morgan fingerprint density at radius 3 is 2.81 bits per heavy atom. The highest BCUT2D eigenvalue weighted by Crippen LogP contribution is 2.43. The van der Waals surface area contributed by atoms with Crippen LogP contribution in [0.2, 0.25) is 0 Å². The Morgan fingerprint density at radius 1 is 1.15 bits per heavy atom. The number of rotatable bonds is 5. The SMILES string of the molecule is O=C(O)NCc1cccc2c1CC[C@H]1[C@@H]2CCN1CCC1CCCCC1. The minimum Gasteiger partial charge on any atom is -0.465 e. The molecule has 0 spiro atoms. The first kappa shape index (κ1) is 17.8. The third-order valence-electron chi connectivity index (χ3n) is 7.04. The summed E-state index contributed by atoms with van der Waals surface area (Å²) in [5.74, 6) is 1.61. The molecule has 26 heavy (non-hydrogen) atoms. The van der Waals surface area contributed by atoms with E-state index in [9.17, 15) is 4.79 Å². The maximum absolute atomic E-state index is 10.9. The highest BCUT2D eigenvalue weighted by Gasteiger charge is 2.39. The third kappa shape index (κ3) is 3.75. The summed E-state index contributed by atoms with van der Waals surface area (Å²) in [6.45, 7) is 2.95. The lowest BCUT2D eigenvalue weighted by Gasteiger charge is -2.35. The van der Waals surface area contributed by atoms with Gasteiger partial charge in [-0.15, -0.1) is 0 Å². The molecule has 1 amide bonds. The lowest BCUT2D eigenvalue weighted by atomic mass is 9.77. The van der Waals surface area contributed by atoms with Crippen LogP contribution in [0.3, 0.4) is 0 Å². The first-order valence-electron chi connectivity index (χ1n) is 10.5. The van der Waals surface area contributed by atoms with Crippen molar-refractivity contribution in [3.8, 4) is 0 Å². The molecule has 1 saturated heterocycles. The van der Waals surface area contributed by atoms with E-state index in [-0.39, 0.29) is 0 Å². The van der Waals surface area contributed by atoms with Crippen molar-refractivity contribution in [2.75, 3.05) is 13.1 Å². The summed E-state index contributed by atoms with van der Waals surface area (Å²) in [5.41, 5.74) is 4.08. The van der Waals surface area contributed by atoms with Gasteiger partial charge in [0.05, 0.1) is 0 Å². The van der Waals surface area contributed by atoms with Gasteiger partial charge in [-0.3, -0.25) is 4.90 Å². The Kier molecular flexibility index (Phi) is 5.49. The van der Waals surface area contributed by atoms with Crippen LogP contribution in [0, 0.1) is 5.92 Å². The van der Waals surface area contributed by atoms with Gasteiger partial charge in [0.25, 0.3) is 0 Å². The van der Waals surface area contributed by atoms with Gasteiger partial charge in [-0.25, -0.2) is 4.79 Å². The molecule has 1 aliphatic heterocycles. The van der Waals surface area contributed by atoms with E-state index in [1.165, 1.54) is 81.1 Å². The molecular formula is C22H32N2O2. The molecule has 3 aliphatic rings. The molecule has 4 nitrogen and oxygen atoms in total. The van der Waals surface area contributed by atoms with Crippen LogP contribution in [0.4, 0.5) is 4.79 Å². The van der Waals surface area contributed by atoms with E-state index in [0.29, 0.717) is 18.5 Å². The Hall–Kier alpha value is -1.55. The number of carboxylic acid groups (broad SMARTS) is 1. The number of hydrogen-bond acceptors (Lipinski definition) is 2. The van der Waals surface area contributed by atoms with Gasteiger partial charge in [0.1, 0.15) is 0 Å². The van der Waals surface area contributed by atoms with Gasteiger partial charge in [-0.05, 0) is 61.4 Å². The van der Waals surface area contributed by atoms with Crippen molar-refractivity contribution < 1.29 is 9.90 Å². The van der Waals surface area contributed by atoms with Crippen LogP contribution in [0.15, 0.2) is 18.2 Å². The van der Waals surface area contributed by atoms with Gasteiger partial charge in [0.2, 0.25) is 0 Å². The first-order valence-corrected chi connectivity index (χ1v) is 10.5. The zero-order valence-corrected chi connectivity index (χ0v) is 15.8. The molecule has 1 aromatic rings. The molecule has 0 aromatic heterocycles. The second-order valence-electron chi connectivity index (χ2n) is 8.47. The average Bonchev–Trinajstić information content (AvgIpc) is 3.09. The first-order chi connectivity index (χ1) is 12.7. The summed E-state index contributed by atoms with van der Waals surface area (Å²) in [5, 5.41) is 11.5. The molecule has 2 aliphatic carbocycles. The van der Waals surface area contributed by atoms with Crippen molar-refractivity contribution in [2.24, 2.45) is 5.92 Å². The highest BCUT2D eigenvalue weighted by molar-refractivity contribution is 5.64. The average molecular weight is 357 g/mol. The molecule has 2 atom stereocenters. The summed E-state index contributed by atoms with van der Waals surface area (Å²) in [4.78, 5) is 13.6. The van der Waals surface area contributed by atoms with E-state index in [4.69, 9.17) is 5.11 Å². The third-order valence-corrected chi connectivity index (χ3v) is 7.04. The van der Waals surface area contributed by atoms with Crippen LogP contribution < -0.4 is 5.32 Å². The van der Waals surface area contributed by atoms with Crippen LogP contribution in [-0.4, -0.2) is 35.2 Å². The fourth-order valence-electron chi connectivity index (χ4n) is 5.70. The number of fused-ring (bicyclic) bond motifs is 3. The quantitative estimate of drug-likeness (QED) is 0.815. The second kappa shape index (κ2) is 7.99. The number of likely N-dealkylation sites (tertiary alicyclic amines) is 1. The smallest absolute Gasteiger partial charge is 0.404 e. The monoisotopic (exact) mass is 356 g/mol. The lowest BCUT2D eigenvalue weighted by Crippen LogP contribution is -2.36. The van der Waals surface area contributed by atoms with Crippen LogP contribution in [0.1, 0.15) is 74.0 Å². The van der Waals surface area contributed by atoms with E-state index in [0.717, 1.165) is 12.3 Å². The normalized spacial score (nSPS) is 26.3. The zero-order chi connectivity index (χ0) is 17.9. The van der Waals surface area contributed by atoms with Gasteiger partial charge < -0.3 is 10.4 Å². The van der Waals surface area contributed by atoms with Gasteiger partial charge in [-0.2, -0.15) is 0 Å². The highest BCUT2D eigenvalue weighted by atomic mass is 16.4. The van der Waals surface area contributed by atoms with Crippen LogP contribution in [0.25, 0.3) is 0 Å². The number of benzene rings is 1. The maximum Gasteiger partial charge on any atom is 0.404 e. The summed E-state index contributed by atoms with van der Waals surface area (Å²) in [7, 11) is 0. The molecule has 4 heteroatoms. The molecule has 0 bridgehead atoms. The van der Waals surface area contributed by atoms with E-state index >= 15 is 0 Å². The molecule has 1 saturated carbocycles. The fourth-order valence-corrected chi connectivity index (χ4v) is 5.70. The summed E-state index contributed by atoms with van der Waals surface area (Å²) < 4.78 is 0. The van der Waals surface area contributed by atoms with Crippen LogP contribution in [0.5, 0.6) is 0 Å². The Labute approximate surface area is 157 Å². The van der Waals surface area contributed by atoms with Crippen molar-refractivity contribution in [2.45, 2.75) is 76.3 Å². The summed E-state index contributed by atoms with van der Waals surface area (Å²) in [6, 6.07) is 7.20. The second-order valence-corrected chi connectivity index (χ2v) is 8.47. The van der Waals surface area contributed by atoms with Crippen LogP contribution in [-0.2, 0) is 13.0 Å². The van der Waals surface area contributed by atoms with Crippen molar-refractivity contribution >= 4 is 6.09 Å². The van der Waals surface area contributed by atoms with Crippen molar-refractivity contribution in [3.63, 3.8) is 0 Å². The van der Waals surface area contributed by atoms with Crippen molar-refractivity contribution in [1.29, 1.82) is 0 Å². The maximum atomic E-state index is 10.9. The molecule has 1 heterocycles. The van der Waals surface area contributed by atoms with Crippen LogP contribution >= 0.6 is 0 Å². The van der Waals surface area contributed by atoms with E-state index < -0.39 is 6.09 Å². The standard InChI is InChI=1S/C22H32N2O2/c25-22(26)23-15-17-7-4-8-19-18(17)9-10-21-20(19)12-14-24(21)13-11-16-5-2-1-3-6-16/h4,7-8,16,20-21,23H,1-3,5-6,9-15H2,(H,25,26)/t20-,21+/m1/s1. The number of carbonyl (C=O) groups is 1. The summed E-state index contributed by atoms with van der Waals surface area (Å²) >= 11 is 0. The molecule has 142 valence electrons. The minimum atomic E-state index is -0.939. The molecule has 2 N–H and O–H groups in total. The molecule has 2 fully saturated rings. The molecule has 1 aromatic carbocycles. The zero-order valence-electron chi connectivity index (χ0n) is 15.8. The number of hydrogen-bond donors (Lipinski definition) is 2. The Morgan fingerprint density at radius 2 is 2.00 bits per heavy atom. The van der Waals surface area contributed by atoms with Gasteiger partial charge in [0, 0.05) is 18.5 Å². The Bertz CT molecular complexity index is 639.